The van der Waals surface area contributed by atoms with Gasteiger partial charge in [-0.05, 0) is 77.9 Å². The summed E-state index contributed by atoms with van der Waals surface area (Å²) in [5.41, 5.74) is 5.22. The van der Waals surface area contributed by atoms with Gasteiger partial charge in [0.05, 0.1) is 0 Å². The Bertz CT molecular complexity index is 1210. The van der Waals surface area contributed by atoms with E-state index in [9.17, 15) is 20.2 Å². The highest BCUT2D eigenvalue weighted by atomic mass is 16.3. The third-order valence-corrected chi connectivity index (χ3v) is 6.98. The molecule has 5 nitrogen and oxygen atoms in total. The van der Waals surface area contributed by atoms with Gasteiger partial charge in [0.2, 0.25) is 0 Å². The maximum atomic E-state index is 11.8. The molecule has 0 amide bonds. The highest BCUT2D eigenvalue weighted by molar-refractivity contribution is 5.63. The summed E-state index contributed by atoms with van der Waals surface area (Å²) in [5.74, 6) is 0.517. The molecule has 3 rings (SSSR count). The highest BCUT2D eigenvalue weighted by Crippen LogP contribution is 2.46. The summed E-state index contributed by atoms with van der Waals surface area (Å²) in [7, 11) is 0. The average Bonchev–Trinajstić information content (AvgIpc) is 2.74. The van der Waals surface area contributed by atoms with Crippen molar-refractivity contribution < 1.29 is 15.3 Å². The van der Waals surface area contributed by atoms with Gasteiger partial charge in [-0.25, -0.2) is 0 Å². The first-order valence-corrected chi connectivity index (χ1v) is 11.0. The number of hydrogen-bond acceptors (Lipinski definition) is 5. The number of hydrogen-bond donors (Lipinski definition) is 3. The number of benzene rings is 3. The summed E-state index contributed by atoms with van der Waals surface area (Å²) in [6.45, 7) is 15.4. The number of rotatable bonds is 5. The molecule has 0 bridgehead atoms. The fourth-order valence-electron chi connectivity index (χ4n) is 4.60. The number of aromatic hydroxyl groups is 3. The van der Waals surface area contributed by atoms with Crippen molar-refractivity contribution in [2.24, 2.45) is 5.18 Å². The monoisotopic (exact) mass is 447 g/mol. The van der Waals surface area contributed by atoms with E-state index in [2.05, 4.69) is 5.18 Å². The molecule has 0 aliphatic rings. The third kappa shape index (κ3) is 4.08. The number of nitroso groups, excluding NO2 is 1. The predicted octanol–water partition coefficient (Wildman–Crippen LogP) is 7.09. The second-order valence-corrected chi connectivity index (χ2v) is 10.1. The molecule has 174 valence electrons. The van der Waals surface area contributed by atoms with Crippen molar-refractivity contribution in [1.82, 2.24) is 0 Å². The van der Waals surface area contributed by atoms with Crippen LogP contribution in [0.4, 0.5) is 5.69 Å². The number of nitrogens with zero attached hydrogens (tertiary/aromatic N) is 1. The summed E-state index contributed by atoms with van der Waals surface area (Å²) in [6.07, 6.45) is 0. The van der Waals surface area contributed by atoms with E-state index >= 15 is 0 Å². The molecule has 3 aromatic carbocycles. The molecule has 0 heterocycles. The molecule has 3 N–H and O–H groups in total. The minimum Gasteiger partial charge on any atom is -0.508 e. The Labute approximate surface area is 195 Å². The summed E-state index contributed by atoms with van der Waals surface area (Å²) in [4.78, 5) is 11.8. The zero-order valence-corrected chi connectivity index (χ0v) is 20.7. The summed E-state index contributed by atoms with van der Waals surface area (Å²) in [5, 5.41) is 34.6. The van der Waals surface area contributed by atoms with Crippen molar-refractivity contribution in [3.63, 3.8) is 0 Å². The lowest BCUT2D eigenvalue weighted by atomic mass is 9.71. The fourth-order valence-corrected chi connectivity index (χ4v) is 4.60. The van der Waals surface area contributed by atoms with Crippen LogP contribution in [0.2, 0.25) is 0 Å². The lowest BCUT2D eigenvalue weighted by Crippen LogP contribution is -2.24. The standard InChI is InChI=1S/C28H33NO4/c1-15-9-19(10-16(2)25(15)31)27(5,6)21-13-22(24(30)14-23(21)29-33)28(7,8)20-11-17(3)26(32)18(4)12-20/h9-14,30-32H,1-8H3. The van der Waals surface area contributed by atoms with Crippen LogP contribution < -0.4 is 0 Å². The number of phenolic OH excluding ortho intramolecular Hbond substituents is 3. The molecule has 33 heavy (non-hydrogen) atoms. The van der Waals surface area contributed by atoms with Gasteiger partial charge in [0.15, 0.2) is 0 Å². The third-order valence-electron chi connectivity index (χ3n) is 6.98. The normalized spacial score (nSPS) is 12.1. The molecule has 0 unspecified atom stereocenters. The van der Waals surface area contributed by atoms with Crippen molar-refractivity contribution >= 4 is 5.69 Å². The largest absolute Gasteiger partial charge is 0.508 e. The Morgan fingerprint density at radius 2 is 0.970 bits per heavy atom. The van der Waals surface area contributed by atoms with E-state index in [0.717, 1.165) is 33.4 Å². The summed E-state index contributed by atoms with van der Waals surface area (Å²) >= 11 is 0. The number of aryl methyl sites for hydroxylation is 4. The summed E-state index contributed by atoms with van der Waals surface area (Å²) in [6, 6.07) is 11.0. The van der Waals surface area contributed by atoms with Gasteiger partial charge >= 0.3 is 0 Å². The van der Waals surface area contributed by atoms with E-state index in [0.29, 0.717) is 11.1 Å². The maximum absolute atomic E-state index is 11.8. The van der Waals surface area contributed by atoms with E-state index in [-0.39, 0.29) is 22.9 Å². The summed E-state index contributed by atoms with van der Waals surface area (Å²) < 4.78 is 0. The molecular formula is C28H33NO4. The van der Waals surface area contributed by atoms with Crippen molar-refractivity contribution in [3.05, 3.63) is 85.8 Å². The van der Waals surface area contributed by atoms with Crippen LogP contribution in [0, 0.1) is 32.6 Å². The van der Waals surface area contributed by atoms with Crippen molar-refractivity contribution in [3.8, 4) is 17.2 Å². The Morgan fingerprint density at radius 1 is 0.606 bits per heavy atom. The zero-order valence-electron chi connectivity index (χ0n) is 20.7. The van der Waals surface area contributed by atoms with Crippen molar-refractivity contribution in [2.75, 3.05) is 0 Å². The highest BCUT2D eigenvalue weighted by Gasteiger charge is 2.33. The van der Waals surface area contributed by atoms with Gasteiger partial charge in [0.25, 0.3) is 0 Å². The van der Waals surface area contributed by atoms with Crippen molar-refractivity contribution in [2.45, 2.75) is 66.2 Å². The Hall–Kier alpha value is -3.34. The van der Waals surface area contributed by atoms with Crippen LogP contribution in [0.25, 0.3) is 0 Å². The number of phenols is 3. The predicted molar refractivity (Wildman–Crippen MR) is 133 cm³/mol. The lowest BCUT2D eigenvalue weighted by molar-refractivity contribution is 0.450. The second-order valence-electron chi connectivity index (χ2n) is 10.1. The Balaban J connectivity index is 2.27. The molecule has 0 saturated carbocycles. The van der Waals surface area contributed by atoms with Crippen LogP contribution in [-0.4, -0.2) is 15.3 Å². The molecule has 0 aliphatic heterocycles. The fraction of sp³-hybridized carbons (Fsp3) is 0.357. The molecule has 0 saturated heterocycles. The molecule has 0 aromatic heterocycles. The SMILES string of the molecule is Cc1cc(C(C)(C)c2cc(C(C)(C)c3cc(C)c(O)c(C)c3)c(N=O)cc2O)cc(C)c1O. The minimum absolute atomic E-state index is 0.00408. The lowest BCUT2D eigenvalue weighted by Gasteiger charge is -2.32. The second kappa shape index (κ2) is 8.22. The van der Waals surface area contributed by atoms with Crippen LogP contribution in [0.1, 0.15) is 72.2 Å². The van der Waals surface area contributed by atoms with Gasteiger partial charge in [-0.2, -0.15) is 0 Å². The molecule has 0 aliphatic carbocycles. The van der Waals surface area contributed by atoms with Crippen LogP contribution >= 0.6 is 0 Å². The first-order chi connectivity index (χ1) is 15.2. The van der Waals surface area contributed by atoms with E-state index < -0.39 is 10.8 Å². The average molecular weight is 448 g/mol. The maximum Gasteiger partial charge on any atom is 0.121 e. The van der Waals surface area contributed by atoms with Crippen molar-refractivity contribution in [1.29, 1.82) is 0 Å². The minimum atomic E-state index is -0.619. The van der Waals surface area contributed by atoms with Crippen LogP contribution in [0.15, 0.2) is 41.6 Å². The van der Waals surface area contributed by atoms with E-state index in [1.54, 1.807) is 0 Å². The van der Waals surface area contributed by atoms with Crippen LogP contribution in [-0.2, 0) is 10.8 Å². The van der Waals surface area contributed by atoms with Gasteiger partial charge in [0, 0.05) is 22.5 Å². The molecule has 0 radical (unpaired) electrons. The molecule has 0 atom stereocenters. The first kappa shape index (κ1) is 24.3. The Morgan fingerprint density at radius 3 is 1.33 bits per heavy atom. The van der Waals surface area contributed by atoms with Gasteiger partial charge in [-0.3, -0.25) is 0 Å². The Kier molecular flexibility index (Phi) is 6.05. The van der Waals surface area contributed by atoms with Gasteiger partial charge in [-0.1, -0.05) is 52.0 Å². The molecule has 5 heteroatoms. The molecular weight excluding hydrogens is 414 g/mol. The van der Waals surface area contributed by atoms with Gasteiger partial charge in [0.1, 0.15) is 22.9 Å². The quantitative estimate of drug-likeness (QED) is 0.364. The van der Waals surface area contributed by atoms with Crippen LogP contribution in [0.3, 0.4) is 0 Å². The zero-order chi connectivity index (χ0) is 24.9. The van der Waals surface area contributed by atoms with E-state index in [1.807, 2.05) is 85.7 Å². The van der Waals surface area contributed by atoms with Crippen LogP contribution in [0.5, 0.6) is 17.2 Å². The van der Waals surface area contributed by atoms with E-state index in [4.69, 9.17) is 0 Å². The van der Waals surface area contributed by atoms with E-state index in [1.165, 1.54) is 6.07 Å². The van der Waals surface area contributed by atoms with Gasteiger partial charge < -0.3 is 15.3 Å². The first-order valence-electron chi connectivity index (χ1n) is 11.0. The van der Waals surface area contributed by atoms with Gasteiger partial charge in [-0.15, -0.1) is 4.91 Å². The topological polar surface area (TPSA) is 90.1 Å². The smallest absolute Gasteiger partial charge is 0.121 e. The molecule has 0 spiro atoms. The molecule has 3 aromatic rings. The molecule has 0 fully saturated rings.